The summed E-state index contributed by atoms with van der Waals surface area (Å²) in [7, 11) is 0. The molecule has 1 N–H and O–H groups in total. The molecule has 0 radical (unpaired) electrons. The summed E-state index contributed by atoms with van der Waals surface area (Å²) >= 11 is 0. The molecule has 0 spiro atoms. The molecule has 1 atom stereocenters. The summed E-state index contributed by atoms with van der Waals surface area (Å²) < 4.78 is 0. The second-order valence-corrected chi connectivity index (χ2v) is 5.93. The molecule has 0 aromatic heterocycles. The van der Waals surface area contributed by atoms with Gasteiger partial charge >= 0.3 is 0 Å². The predicted octanol–water partition coefficient (Wildman–Crippen LogP) is 2.53. The Hall–Kier alpha value is -0.590. The van der Waals surface area contributed by atoms with Gasteiger partial charge in [0.15, 0.2) is 0 Å². The molecule has 0 aromatic carbocycles. The third-order valence-corrected chi connectivity index (χ3v) is 4.39. The van der Waals surface area contributed by atoms with E-state index < -0.39 is 0 Å². The molecule has 3 nitrogen and oxygen atoms in total. The van der Waals surface area contributed by atoms with Gasteiger partial charge in [0.2, 0.25) is 0 Å². The highest BCUT2D eigenvalue weighted by Gasteiger charge is 2.46. The molecular formula is C15H27N3. The number of rotatable bonds is 5. The summed E-state index contributed by atoms with van der Waals surface area (Å²) in [6, 6.07) is 2.61. The Kier molecular flexibility index (Phi) is 5.03. The van der Waals surface area contributed by atoms with E-state index in [2.05, 4.69) is 23.2 Å². The Morgan fingerprint density at radius 2 is 1.78 bits per heavy atom. The lowest BCUT2D eigenvalue weighted by atomic mass is 9.93. The van der Waals surface area contributed by atoms with Crippen LogP contribution in [0.2, 0.25) is 0 Å². The Bertz CT molecular complexity index is 285. The van der Waals surface area contributed by atoms with Gasteiger partial charge in [0.25, 0.3) is 0 Å². The zero-order valence-corrected chi connectivity index (χ0v) is 11.7. The third-order valence-electron chi connectivity index (χ3n) is 4.39. The first-order chi connectivity index (χ1) is 8.80. The Balaban J connectivity index is 1.96. The molecule has 1 heterocycles. The van der Waals surface area contributed by atoms with Crippen LogP contribution in [0.15, 0.2) is 0 Å². The summed E-state index contributed by atoms with van der Waals surface area (Å²) in [6.45, 7) is 6.31. The van der Waals surface area contributed by atoms with Crippen LogP contribution in [0, 0.1) is 17.2 Å². The second kappa shape index (κ2) is 6.54. The minimum Gasteiger partial charge on any atom is -0.300 e. The average Bonchev–Trinajstić information content (AvgIpc) is 3.16. The van der Waals surface area contributed by atoms with Crippen LogP contribution in [-0.4, -0.2) is 36.6 Å². The number of hydrogen-bond donors (Lipinski definition) is 1. The summed E-state index contributed by atoms with van der Waals surface area (Å²) in [5.74, 6) is 0.591. The fourth-order valence-corrected chi connectivity index (χ4v) is 3.21. The molecule has 3 heteroatoms. The first-order valence-electron chi connectivity index (χ1n) is 7.69. The Morgan fingerprint density at radius 3 is 2.28 bits per heavy atom. The zero-order valence-electron chi connectivity index (χ0n) is 11.7. The molecule has 1 saturated heterocycles. The van der Waals surface area contributed by atoms with Crippen LogP contribution < -0.4 is 5.32 Å². The van der Waals surface area contributed by atoms with E-state index in [1.54, 1.807) is 0 Å². The van der Waals surface area contributed by atoms with E-state index in [0.717, 1.165) is 13.1 Å². The van der Waals surface area contributed by atoms with Crippen molar-refractivity contribution in [3.8, 4) is 6.07 Å². The van der Waals surface area contributed by atoms with E-state index in [0.29, 0.717) is 5.92 Å². The van der Waals surface area contributed by atoms with Crippen molar-refractivity contribution in [2.24, 2.45) is 5.92 Å². The molecule has 102 valence electrons. The zero-order chi connectivity index (χ0) is 12.8. The minimum absolute atomic E-state index is 0.270. The maximum Gasteiger partial charge on any atom is 0.122 e. The van der Waals surface area contributed by atoms with Crippen molar-refractivity contribution < 1.29 is 0 Å². The van der Waals surface area contributed by atoms with E-state index in [4.69, 9.17) is 0 Å². The van der Waals surface area contributed by atoms with Crippen LogP contribution in [0.5, 0.6) is 0 Å². The molecule has 2 fully saturated rings. The van der Waals surface area contributed by atoms with Gasteiger partial charge in [0.1, 0.15) is 5.54 Å². The molecule has 1 aliphatic heterocycles. The van der Waals surface area contributed by atoms with Crippen LogP contribution in [0.4, 0.5) is 0 Å². The van der Waals surface area contributed by atoms with Crippen LogP contribution in [0.1, 0.15) is 51.9 Å². The summed E-state index contributed by atoms with van der Waals surface area (Å²) in [6.07, 6.45) is 9.19. The van der Waals surface area contributed by atoms with Crippen molar-refractivity contribution in [2.45, 2.75) is 57.4 Å². The highest BCUT2D eigenvalue weighted by Crippen LogP contribution is 2.40. The molecule has 0 bridgehead atoms. The van der Waals surface area contributed by atoms with E-state index in [1.165, 1.54) is 58.0 Å². The number of nitrogens with one attached hydrogen (secondary N) is 1. The van der Waals surface area contributed by atoms with Gasteiger partial charge in [-0.3, -0.25) is 5.32 Å². The largest absolute Gasteiger partial charge is 0.300 e. The monoisotopic (exact) mass is 249 g/mol. The topological polar surface area (TPSA) is 39.1 Å². The van der Waals surface area contributed by atoms with Crippen LogP contribution in [-0.2, 0) is 0 Å². The lowest BCUT2D eigenvalue weighted by Gasteiger charge is -2.35. The maximum atomic E-state index is 9.64. The van der Waals surface area contributed by atoms with Crippen molar-refractivity contribution in [1.82, 2.24) is 10.2 Å². The fourth-order valence-electron chi connectivity index (χ4n) is 3.21. The van der Waals surface area contributed by atoms with Crippen molar-refractivity contribution >= 4 is 0 Å². The average molecular weight is 249 g/mol. The molecule has 1 saturated carbocycles. The molecule has 1 aliphatic carbocycles. The van der Waals surface area contributed by atoms with E-state index >= 15 is 0 Å². The number of nitrogens with zero attached hydrogens (tertiary/aromatic N) is 2. The van der Waals surface area contributed by atoms with Crippen LogP contribution >= 0.6 is 0 Å². The van der Waals surface area contributed by atoms with E-state index in [-0.39, 0.29) is 5.54 Å². The summed E-state index contributed by atoms with van der Waals surface area (Å²) in [5, 5.41) is 13.1. The van der Waals surface area contributed by atoms with Crippen molar-refractivity contribution in [2.75, 3.05) is 26.2 Å². The van der Waals surface area contributed by atoms with Gasteiger partial charge in [0, 0.05) is 6.54 Å². The van der Waals surface area contributed by atoms with Gasteiger partial charge in [-0.2, -0.15) is 5.26 Å². The van der Waals surface area contributed by atoms with Crippen LogP contribution in [0.3, 0.4) is 0 Å². The number of hydrogen-bond acceptors (Lipinski definition) is 3. The van der Waals surface area contributed by atoms with Gasteiger partial charge in [-0.15, -0.1) is 0 Å². The van der Waals surface area contributed by atoms with Crippen molar-refractivity contribution in [3.63, 3.8) is 0 Å². The molecular weight excluding hydrogens is 222 g/mol. The lowest BCUT2D eigenvalue weighted by molar-refractivity contribution is 0.183. The van der Waals surface area contributed by atoms with Gasteiger partial charge in [-0.25, -0.2) is 0 Å². The van der Waals surface area contributed by atoms with Crippen molar-refractivity contribution in [3.05, 3.63) is 0 Å². The summed E-state index contributed by atoms with van der Waals surface area (Å²) in [4.78, 5) is 2.53. The molecule has 18 heavy (non-hydrogen) atoms. The molecule has 1 unspecified atom stereocenters. The van der Waals surface area contributed by atoms with Gasteiger partial charge < -0.3 is 4.90 Å². The van der Waals surface area contributed by atoms with Gasteiger partial charge in [-0.05, 0) is 51.2 Å². The quantitative estimate of drug-likeness (QED) is 0.814. The van der Waals surface area contributed by atoms with E-state index in [1.807, 2.05) is 0 Å². The Morgan fingerprint density at radius 1 is 1.17 bits per heavy atom. The fraction of sp³-hybridized carbons (Fsp3) is 0.933. The molecule has 2 rings (SSSR count). The highest BCUT2D eigenvalue weighted by atomic mass is 15.2. The minimum atomic E-state index is -0.270. The molecule has 0 aromatic rings. The number of likely N-dealkylation sites (N-methyl/N-ethyl adjacent to an activating group) is 1. The van der Waals surface area contributed by atoms with Gasteiger partial charge in [-0.1, -0.05) is 26.2 Å². The first-order valence-corrected chi connectivity index (χ1v) is 7.69. The molecule has 0 amide bonds. The normalized spacial score (nSPS) is 25.8. The highest BCUT2D eigenvalue weighted by molar-refractivity contribution is 5.16. The maximum absolute atomic E-state index is 9.64. The lowest BCUT2D eigenvalue weighted by Crippen LogP contribution is -2.54. The van der Waals surface area contributed by atoms with Gasteiger partial charge in [0.05, 0.1) is 6.07 Å². The first kappa shape index (κ1) is 13.8. The standard InChI is InChI=1S/C15H27N3/c1-2-17-15(12-16,14-8-9-14)13-18-10-6-4-3-5-7-11-18/h14,17H,2-11,13H2,1H3. The SMILES string of the molecule is CCNC(C#N)(CN1CCCCCCC1)C1CC1. The smallest absolute Gasteiger partial charge is 0.122 e. The number of likely N-dealkylation sites (tertiary alicyclic amines) is 1. The predicted molar refractivity (Wildman–Crippen MR) is 74.3 cm³/mol. The van der Waals surface area contributed by atoms with E-state index in [9.17, 15) is 5.26 Å². The van der Waals surface area contributed by atoms with Crippen molar-refractivity contribution in [1.29, 1.82) is 5.26 Å². The second-order valence-electron chi connectivity index (χ2n) is 5.93. The third kappa shape index (κ3) is 3.46. The molecule has 2 aliphatic rings. The Labute approximate surface area is 112 Å². The van der Waals surface area contributed by atoms with Crippen LogP contribution in [0.25, 0.3) is 0 Å². The summed E-state index contributed by atoms with van der Waals surface area (Å²) in [5.41, 5.74) is -0.270. The number of nitriles is 1.